The maximum Gasteiger partial charge on any atom is 0.226 e. The molecule has 0 radical (unpaired) electrons. The van der Waals surface area contributed by atoms with Crippen LogP contribution >= 0.6 is 0 Å². The fourth-order valence-electron chi connectivity index (χ4n) is 3.56. The van der Waals surface area contributed by atoms with Crippen molar-refractivity contribution in [1.82, 2.24) is 15.3 Å². The quantitative estimate of drug-likeness (QED) is 0.884. The number of sulfone groups is 1. The molecule has 1 saturated heterocycles. The van der Waals surface area contributed by atoms with E-state index >= 15 is 0 Å². The molecule has 26 heavy (non-hydrogen) atoms. The first-order valence-electron chi connectivity index (χ1n) is 9.23. The van der Waals surface area contributed by atoms with Gasteiger partial charge in [-0.1, -0.05) is 13.8 Å². The van der Waals surface area contributed by atoms with E-state index in [1.54, 1.807) is 18.2 Å². The maximum atomic E-state index is 11.9. The summed E-state index contributed by atoms with van der Waals surface area (Å²) in [6, 6.07) is 6.10. The van der Waals surface area contributed by atoms with Crippen LogP contribution in [0.5, 0.6) is 0 Å². The maximum absolute atomic E-state index is 11.9. The molecule has 7 heteroatoms. The summed E-state index contributed by atoms with van der Waals surface area (Å²) in [7, 11) is -3.25. The van der Waals surface area contributed by atoms with E-state index in [1.165, 1.54) is 6.26 Å². The van der Waals surface area contributed by atoms with Crippen LogP contribution in [0.25, 0.3) is 10.9 Å². The number of hydrogen-bond donors (Lipinski definition) is 1. The van der Waals surface area contributed by atoms with Gasteiger partial charge >= 0.3 is 0 Å². The van der Waals surface area contributed by atoms with Gasteiger partial charge in [0.05, 0.1) is 16.1 Å². The fraction of sp³-hybridized carbons (Fsp3) is 0.579. The molecule has 1 aliphatic rings. The largest absolute Gasteiger partial charge is 0.341 e. The number of fused-ring (bicyclic) bond motifs is 1. The second-order valence-corrected chi connectivity index (χ2v) is 9.51. The Morgan fingerprint density at radius 1 is 1.19 bits per heavy atom. The Labute approximate surface area is 155 Å². The smallest absolute Gasteiger partial charge is 0.226 e. The molecule has 1 aromatic heterocycles. The van der Waals surface area contributed by atoms with Crippen molar-refractivity contribution in [2.45, 2.75) is 57.0 Å². The van der Waals surface area contributed by atoms with Crippen LogP contribution < -0.4 is 10.2 Å². The zero-order chi connectivity index (χ0) is 18.9. The van der Waals surface area contributed by atoms with Gasteiger partial charge in [0.25, 0.3) is 0 Å². The molecule has 0 bridgehead atoms. The summed E-state index contributed by atoms with van der Waals surface area (Å²) in [5.74, 6) is 0.700. The predicted molar refractivity (Wildman–Crippen MR) is 106 cm³/mol. The van der Waals surface area contributed by atoms with E-state index in [0.29, 0.717) is 28.4 Å². The van der Waals surface area contributed by atoms with Crippen LogP contribution in [0.15, 0.2) is 23.1 Å². The van der Waals surface area contributed by atoms with Crippen molar-refractivity contribution in [3.8, 4) is 0 Å². The summed E-state index contributed by atoms with van der Waals surface area (Å²) >= 11 is 0. The Hall–Kier alpha value is -1.73. The lowest BCUT2D eigenvalue weighted by atomic mass is 10.1. The Bertz CT molecular complexity index is 896. The summed E-state index contributed by atoms with van der Waals surface area (Å²) in [6.07, 6.45) is 4.52. The first kappa shape index (κ1) is 19.0. The zero-order valence-corrected chi connectivity index (χ0v) is 16.8. The summed E-state index contributed by atoms with van der Waals surface area (Å²) < 4.78 is 23.7. The minimum atomic E-state index is -3.25. The van der Waals surface area contributed by atoms with Gasteiger partial charge in [-0.25, -0.2) is 18.4 Å². The van der Waals surface area contributed by atoms with Crippen molar-refractivity contribution in [1.29, 1.82) is 0 Å². The van der Waals surface area contributed by atoms with Crippen LogP contribution in [-0.2, 0) is 9.84 Å². The van der Waals surface area contributed by atoms with Crippen molar-refractivity contribution >= 4 is 26.7 Å². The van der Waals surface area contributed by atoms with E-state index in [9.17, 15) is 8.42 Å². The molecular weight excluding hydrogens is 348 g/mol. The molecule has 2 heterocycles. The van der Waals surface area contributed by atoms with Crippen molar-refractivity contribution in [2.75, 3.05) is 24.2 Å². The first-order valence-corrected chi connectivity index (χ1v) is 11.1. The van der Waals surface area contributed by atoms with Gasteiger partial charge < -0.3 is 10.2 Å². The Balaban J connectivity index is 1.90. The van der Waals surface area contributed by atoms with Crippen molar-refractivity contribution in [2.24, 2.45) is 0 Å². The minimum absolute atomic E-state index is 0.297. The highest BCUT2D eigenvalue weighted by Gasteiger charge is 2.20. The van der Waals surface area contributed by atoms with Gasteiger partial charge in [-0.05, 0) is 44.4 Å². The normalized spacial score (nSPS) is 19.1. The Morgan fingerprint density at radius 2 is 1.96 bits per heavy atom. The van der Waals surface area contributed by atoms with Crippen molar-refractivity contribution in [3.63, 3.8) is 0 Å². The minimum Gasteiger partial charge on any atom is -0.341 e. The zero-order valence-electron chi connectivity index (χ0n) is 16.0. The molecule has 142 valence electrons. The number of nitrogens with one attached hydrogen (secondary N) is 1. The SMILES string of the molecule is Cc1nc(N2CCCC(NC(C)C)CC2)nc2cc(S(C)(=O)=O)ccc12. The molecular formula is C19H28N4O2S. The highest BCUT2D eigenvalue weighted by molar-refractivity contribution is 7.90. The van der Waals surface area contributed by atoms with E-state index in [-0.39, 0.29) is 0 Å². The summed E-state index contributed by atoms with van der Waals surface area (Å²) in [4.78, 5) is 11.9. The molecule has 0 saturated carbocycles. The molecule has 0 spiro atoms. The van der Waals surface area contributed by atoms with Crippen LogP contribution in [-0.4, -0.2) is 49.8 Å². The molecule has 1 fully saturated rings. The van der Waals surface area contributed by atoms with Gasteiger partial charge in [0.2, 0.25) is 5.95 Å². The summed E-state index contributed by atoms with van der Waals surface area (Å²) in [6.45, 7) is 8.14. The van der Waals surface area contributed by atoms with Crippen LogP contribution in [0.2, 0.25) is 0 Å². The predicted octanol–water partition coefficient (Wildman–Crippen LogP) is 2.70. The first-order chi connectivity index (χ1) is 12.2. The van der Waals surface area contributed by atoms with Gasteiger partial charge in [-0.3, -0.25) is 0 Å². The highest BCUT2D eigenvalue weighted by Crippen LogP contribution is 2.24. The number of benzene rings is 1. The molecule has 6 nitrogen and oxygen atoms in total. The lowest BCUT2D eigenvalue weighted by Crippen LogP contribution is -2.35. The third-order valence-corrected chi connectivity index (χ3v) is 5.97. The average molecular weight is 377 g/mol. The number of aromatic nitrogens is 2. The number of anilines is 1. The number of nitrogens with zero attached hydrogens (tertiary/aromatic N) is 3. The number of aryl methyl sites for hydroxylation is 1. The lowest BCUT2D eigenvalue weighted by molar-refractivity contribution is 0.430. The third-order valence-electron chi connectivity index (χ3n) is 4.86. The second-order valence-electron chi connectivity index (χ2n) is 7.50. The molecule has 0 aliphatic carbocycles. The van der Waals surface area contributed by atoms with Gasteiger partial charge in [0, 0.05) is 36.8 Å². The van der Waals surface area contributed by atoms with Crippen LogP contribution in [0.1, 0.15) is 38.8 Å². The Kier molecular flexibility index (Phi) is 5.48. The number of hydrogen-bond acceptors (Lipinski definition) is 6. The molecule has 1 aromatic carbocycles. The molecule has 1 unspecified atom stereocenters. The molecule has 2 aromatic rings. The average Bonchev–Trinajstić information content (AvgIpc) is 2.78. The van der Waals surface area contributed by atoms with E-state index in [1.807, 2.05) is 6.92 Å². The fourth-order valence-corrected chi connectivity index (χ4v) is 4.20. The Morgan fingerprint density at radius 3 is 2.65 bits per heavy atom. The monoisotopic (exact) mass is 376 g/mol. The highest BCUT2D eigenvalue weighted by atomic mass is 32.2. The van der Waals surface area contributed by atoms with Crippen LogP contribution in [0.4, 0.5) is 5.95 Å². The van der Waals surface area contributed by atoms with Gasteiger partial charge in [0.15, 0.2) is 9.84 Å². The van der Waals surface area contributed by atoms with Gasteiger partial charge in [-0.2, -0.15) is 0 Å². The van der Waals surface area contributed by atoms with Gasteiger partial charge in [-0.15, -0.1) is 0 Å². The van der Waals surface area contributed by atoms with Gasteiger partial charge in [0.1, 0.15) is 0 Å². The summed E-state index contributed by atoms with van der Waals surface area (Å²) in [5.41, 5.74) is 1.57. The number of rotatable bonds is 4. The van der Waals surface area contributed by atoms with Crippen molar-refractivity contribution < 1.29 is 8.42 Å². The molecule has 0 amide bonds. The van der Waals surface area contributed by atoms with Crippen LogP contribution in [0.3, 0.4) is 0 Å². The standard InChI is InChI=1S/C19H28N4O2S/c1-13(2)20-15-6-5-10-23(11-9-15)19-21-14(3)17-8-7-16(26(4,24)25)12-18(17)22-19/h7-8,12-13,15,20H,5-6,9-11H2,1-4H3. The lowest BCUT2D eigenvalue weighted by Gasteiger charge is -2.22. The van der Waals surface area contributed by atoms with Crippen molar-refractivity contribution in [3.05, 3.63) is 23.9 Å². The molecule has 1 N–H and O–H groups in total. The van der Waals surface area contributed by atoms with E-state index in [4.69, 9.17) is 4.98 Å². The molecule has 3 rings (SSSR count). The van der Waals surface area contributed by atoms with E-state index in [2.05, 4.69) is 29.0 Å². The van der Waals surface area contributed by atoms with E-state index in [0.717, 1.165) is 43.4 Å². The van der Waals surface area contributed by atoms with Crippen LogP contribution in [0, 0.1) is 6.92 Å². The molecule has 1 aliphatic heterocycles. The topological polar surface area (TPSA) is 75.2 Å². The third kappa shape index (κ3) is 4.32. The summed E-state index contributed by atoms with van der Waals surface area (Å²) in [5, 5.41) is 4.52. The molecule has 1 atom stereocenters. The second kappa shape index (κ2) is 7.48. The van der Waals surface area contributed by atoms with E-state index < -0.39 is 9.84 Å².